The molecule has 0 radical (unpaired) electrons. The Labute approximate surface area is 130 Å². The molecule has 4 nitrogen and oxygen atoms in total. The van der Waals surface area contributed by atoms with E-state index in [-0.39, 0.29) is 0 Å². The first-order valence-corrected chi connectivity index (χ1v) is 7.58. The van der Waals surface area contributed by atoms with Gasteiger partial charge in [0.2, 0.25) is 0 Å². The second kappa shape index (κ2) is 5.72. The van der Waals surface area contributed by atoms with E-state index in [9.17, 15) is 0 Å². The Morgan fingerprint density at radius 3 is 2.59 bits per heavy atom. The fraction of sp³-hybridized carbons (Fsp3) is 0.278. The summed E-state index contributed by atoms with van der Waals surface area (Å²) in [5.74, 6) is 0.895. The standard InChI is InChI=1S/C18H21N3O/c1-4-9-22-15-7-5-14(6-8-15)18-13(3)21-11-16(19)12(2)10-17(21)20-18/h5-8,10-11H,4,9,19H2,1-3H3. The van der Waals surface area contributed by atoms with E-state index in [1.807, 2.05) is 35.7 Å². The van der Waals surface area contributed by atoms with Crippen LogP contribution < -0.4 is 10.5 Å². The van der Waals surface area contributed by atoms with Crippen molar-refractivity contribution in [3.8, 4) is 17.0 Å². The lowest BCUT2D eigenvalue weighted by atomic mass is 10.1. The number of benzene rings is 1. The molecule has 0 aliphatic carbocycles. The third kappa shape index (κ3) is 2.52. The number of aryl methyl sites for hydroxylation is 2. The number of ether oxygens (including phenoxy) is 1. The normalized spacial score (nSPS) is 11.0. The summed E-state index contributed by atoms with van der Waals surface area (Å²) in [5.41, 5.74) is 11.9. The van der Waals surface area contributed by atoms with E-state index in [0.717, 1.165) is 52.6 Å². The second-order valence-corrected chi connectivity index (χ2v) is 5.56. The average molecular weight is 295 g/mol. The Morgan fingerprint density at radius 1 is 1.18 bits per heavy atom. The van der Waals surface area contributed by atoms with Crippen molar-refractivity contribution in [1.29, 1.82) is 0 Å². The maximum Gasteiger partial charge on any atom is 0.138 e. The predicted molar refractivity (Wildman–Crippen MR) is 90.3 cm³/mol. The molecule has 0 spiro atoms. The van der Waals surface area contributed by atoms with Crippen LogP contribution in [0.4, 0.5) is 5.69 Å². The van der Waals surface area contributed by atoms with Gasteiger partial charge in [-0.2, -0.15) is 0 Å². The number of anilines is 1. The highest BCUT2D eigenvalue weighted by molar-refractivity contribution is 5.68. The van der Waals surface area contributed by atoms with Crippen molar-refractivity contribution in [3.63, 3.8) is 0 Å². The molecular weight excluding hydrogens is 274 g/mol. The molecular formula is C18H21N3O. The average Bonchev–Trinajstić information content (AvgIpc) is 2.83. The number of nitrogens with two attached hydrogens (primary N) is 1. The van der Waals surface area contributed by atoms with Crippen LogP contribution in [-0.4, -0.2) is 16.0 Å². The fourth-order valence-electron chi connectivity index (χ4n) is 2.52. The van der Waals surface area contributed by atoms with Gasteiger partial charge in [-0.25, -0.2) is 4.98 Å². The molecule has 2 heterocycles. The van der Waals surface area contributed by atoms with Gasteiger partial charge in [-0.3, -0.25) is 0 Å². The third-order valence-corrected chi connectivity index (χ3v) is 3.85. The molecule has 2 aromatic heterocycles. The number of hydrogen-bond donors (Lipinski definition) is 1. The van der Waals surface area contributed by atoms with Crippen LogP contribution in [0.1, 0.15) is 24.6 Å². The molecule has 0 amide bonds. The number of nitrogen functional groups attached to an aromatic ring is 1. The van der Waals surface area contributed by atoms with Crippen LogP contribution in [0.5, 0.6) is 5.75 Å². The van der Waals surface area contributed by atoms with Crippen LogP contribution in [0, 0.1) is 13.8 Å². The van der Waals surface area contributed by atoms with E-state index in [4.69, 9.17) is 15.5 Å². The number of imidazole rings is 1. The highest BCUT2D eigenvalue weighted by atomic mass is 16.5. The van der Waals surface area contributed by atoms with E-state index < -0.39 is 0 Å². The number of pyridine rings is 1. The van der Waals surface area contributed by atoms with Crippen molar-refractivity contribution >= 4 is 11.3 Å². The first-order chi connectivity index (χ1) is 10.6. The topological polar surface area (TPSA) is 52.5 Å². The number of aromatic nitrogens is 2. The van der Waals surface area contributed by atoms with Crippen LogP contribution in [0.25, 0.3) is 16.9 Å². The van der Waals surface area contributed by atoms with Gasteiger partial charge in [-0.15, -0.1) is 0 Å². The lowest BCUT2D eigenvalue weighted by molar-refractivity contribution is 0.317. The molecule has 0 atom stereocenters. The van der Waals surface area contributed by atoms with Crippen molar-refractivity contribution in [1.82, 2.24) is 9.38 Å². The van der Waals surface area contributed by atoms with Crippen molar-refractivity contribution in [3.05, 3.63) is 47.8 Å². The smallest absolute Gasteiger partial charge is 0.138 e. The minimum atomic E-state index is 0.741. The summed E-state index contributed by atoms with van der Waals surface area (Å²) in [6.07, 6.45) is 2.95. The molecule has 22 heavy (non-hydrogen) atoms. The van der Waals surface area contributed by atoms with Gasteiger partial charge in [0, 0.05) is 17.5 Å². The zero-order chi connectivity index (χ0) is 15.7. The molecule has 4 heteroatoms. The summed E-state index contributed by atoms with van der Waals surface area (Å²) >= 11 is 0. The minimum absolute atomic E-state index is 0.741. The summed E-state index contributed by atoms with van der Waals surface area (Å²) in [5, 5.41) is 0. The Bertz CT molecular complexity index is 803. The Hall–Kier alpha value is -2.49. The van der Waals surface area contributed by atoms with E-state index in [0.29, 0.717) is 0 Å². The minimum Gasteiger partial charge on any atom is -0.494 e. The Kier molecular flexibility index (Phi) is 3.75. The monoisotopic (exact) mass is 295 g/mol. The van der Waals surface area contributed by atoms with Crippen molar-refractivity contribution in [2.45, 2.75) is 27.2 Å². The summed E-state index contributed by atoms with van der Waals surface area (Å²) < 4.78 is 7.67. The van der Waals surface area contributed by atoms with E-state index in [1.165, 1.54) is 0 Å². The van der Waals surface area contributed by atoms with Gasteiger partial charge in [-0.05, 0) is 56.2 Å². The van der Waals surface area contributed by atoms with Crippen LogP contribution in [0.15, 0.2) is 36.5 Å². The first kappa shape index (κ1) is 14.4. The Balaban J connectivity index is 2.01. The third-order valence-electron chi connectivity index (χ3n) is 3.85. The summed E-state index contributed by atoms with van der Waals surface area (Å²) in [4.78, 5) is 4.74. The maximum absolute atomic E-state index is 6.00. The van der Waals surface area contributed by atoms with Gasteiger partial charge in [0.15, 0.2) is 0 Å². The quantitative estimate of drug-likeness (QED) is 0.792. The highest BCUT2D eigenvalue weighted by Gasteiger charge is 2.11. The number of rotatable bonds is 4. The van der Waals surface area contributed by atoms with Gasteiger partial charge in [0.25, 0.3) is 0 Å². The Morgan fingerprint density at radius 2 is 1.91 bits per heavy atom. The van der Waals surface area contributed by atoms with E-state index in [1.54, 1.807) is 0 Å². The predicted octanol–water partition coefficient (Wildman–Crippen LogP) is 3.99. The molecule has 2 N–H and O–H groups in total. The van der Waals surface area contributed by atoms with Gasteiger partial charge in [0.1, 0.15) is 11.4 Å². The summed E-state index contributed by atoms with van der Waals surface area (Å²) in [7, 11) is 0. The largest absolute Gasteiger partial charge is 0.494 e. The van der Waals surface area contributed by atoms with Crippen LogP contribution >= 0.6 is 0 Å². The zero-order valence-electron chi connectivity index (χ0n) is 13.3. The highest BCUT2D eigenvalue weighted by Crippen LogP contribution is 2.27. The maximum atomic E-state index is 6.00. The molecule has 1 aromatic carbocycles. The molecule has 0 saturated heterocycles. The molecule has 0 saturated carbocycles. The molecule has 114 valence electrons. The van der Waals surface area contributed by atoms with Crippen LogP contribution in [-0.2, 0) is 0 Å². The van der Waals surface area contributed by atoms with E-state index in [2.05, 4.69) is 26.0 Å². The number of hydrogen-bond acceptors (Lipinski definition) is 3. The first-order valence-electron chi connectivity index (χ1n) is 7.58. The fourth-order valence-corrected chi connectivity index (χ4v) is 2.52. The summed E-state index contributed by atoms with van der Waals surface area (Å²) in [6, 6.07) is 10.1. The van der Waals surface area contributed by atoms with Crippen LogP contribution in [0.3, 0.4) is 0 Å². The molecule has 3 rings (SSSR count). The van der Waals surface area contributed by atoms with Crippen LogP contribution in [0.2, 0.25) is 0 Å². The van der Waals surface area contributed by atoms with Gasteiger partial charge >= 0.3 is 0 Å². The summed E-state index contributed by atoms with van der Waals surface area (Å²) in [6.45, 7) is 6.90. The van der Waals surface area contributed by atoms with Gasteiger partial charge in [-0.1, -0.05) is 6.92 Å². The molecule has 0 aliphatic rings. The lowest BCUT2D eigenvalue weighted by Crippen LogP contribution is -1.95. The zero-order valence-corrected chi connectivity index (χ0v) is 13.3. The molecule has 0 fully saturated rings. The number of fused-ring (bicyclic) bond motifs is 1. The molecule has 0 aliphatic heterocycles. The van der Waals surface area contributed by atoms with Crippen molar-refractivity contribution in [2.75, 3.05) is 12.3 Å². The van der Waals surface area contributed by atoms with Gasteiger partial charge in [0.05, 0.1) is 18.0 Å². The second-order valence-electron chi connectivity index (χ2n) is 5.56. The SMILES string of the molecule is CCCOc1ccc(-c2nc3cc(C)c(N)cn3c2C)cc1. The molecule has 0 bridgehead atoms. The van der Waals surface area contributed by atoms with Crippen molar-refractivity contribution in [2.24, 2.45) is 0 Å². The number of nitrogens with zero attached hydrogens (tertiary/aromatic N) is 2. The molecule has 0 unspecified atom stereocenters. The lowest BCUT2D eigenvalue weighted by Gasteiger charge is -2.05. The molecule has 3 aromatic rings. The van der Waals surface area contributed by atoms with E-state index >= 15 is 0 Å². The van der Waals surface area contributed by atoms with Crippen molar-refractivity contribution < 1.29 is 4.74 Å². The van der Waals surface area contributed by atoms with Gasteiger partial charge < -0.3 is 14.9 Å².